The van der Waals surface area contributed by atoms with Gasteiger partial charge in [0.15, 0.2) is 0 Å². The van der Waals surface area contributed by atoms with Gasteiger partial charge in [-0.15, -0.1) is 0 Å². The maximum atomic E-state index is 14.4. The van der Waals surface area contributed by atoms with Crippen LogP contribution in [0.15, 0.2) is 85.5 Å². The van der Waals surface area contributed by atoms with Gasteiger partial charge in [-0.1, -0.05) is 54.1 Å². The van der Waals surface area contributed by atoms with Crippen LogP contribution in [0, 0.1) is 5.82 Å². The van der Waals surface area contributed by atoms with Crippen LogP contribution < -0.4 is 0 Å². The number of halogens is 2. The summed E-state index contributed by atoms with van der Waals surface area (Å²) in [6.07, 6.45) is 5.69. The summed E-state index contributed by atoms with van der Waals surface area (Å²) in [5.41, 5.74) is 6.69. The summed E-state index contributed by atoms with van der Waals surface area (Å²) >= 11 is 6.01. The number of imidazole rings is 1. The van der Waals surface area contributed by atoms with E-state index in [1.165, 1.54) is 11.5 Å². The number of nitrogens with one attached hydrogen (secondary N) is 2. The van der Waals surface area contributed by atoms with Gasteiger partial charge in [0.05, 0.1) is 22.7 Å². The highest BCUT2D eigenvalue weighted by molar-refractivity contribution is 6.31. The lowest BCUT2D eigenvalue weighted by atomic mass is 10.0. The molecule has 0 aliphatic carbocycles. The Kier molecular flexibility index (Phi) is 4.37. The third-order valence-corrected chi connectivity index (χ3v) is 6.12. The minimum Gasteiger partial charge on any atom is -0.361 e. The van der Waals surface area contributed by atoms with Crippen molar-refractivity contribution in [3.8, 4) is 22.5 Å². The third kappa shape index (κ3) is 3.10. The number of H-pyrrole nitrogens is 2. The van der Waals surface area contributed by atoms with Gasteiger partial charge < -0.3 is 14.5 Å². The number of hydrogen-bond acceptors (Lipinski definition) is 1. The molecule has 3 aromatic heterocycles. The van der Waals surface area contributed by atoms with E-state index in [-0.39, 0.29) is 5.02 Å². The summed E-state index contributed by atoms with van der Waals surface area (Å²) in [5.74, 6) is -0.440. The van der Waals surface area contributed by atoms with Crippen LogP contribution in [0.4, 0.5) is 4.39 Å². The molecule has 0 amide bonds. The highest BCUT2D eigenvalue weighted by atomic mass is 35.5. The Labute approximate surface area is 188 Å². The number of aromatic nitrogens is 4. The van der Waals surface area contributed by atoms with Crippen molar-refractivity contribution in [2.24, 2.45) is 0 Å². The molecule has 0 atom stereocenters. The molecule has 32 heavy (non-hydrogen) atoms. The second-order valence-corrected chi connectivity index (χ2v) is 8.26. The van der Waals surface area contributed by atoms with Gasteiger partial charge in [0.2, 0.25) is 0 Å². The van der Waals surface area contributed by atoms with Crippen LogP contribution in [0.5, 0.6) is 0 Å². The first-order valence-corrected chi connectivity index (χ1v) is 10.7. The highest BCUT2D eigenvalue weighted by Crippen LogP contribution is 2.37. The fourth-order valence-corrected chi connectivity index (χ4v) is 4.46. The Balaban J connectivity index is 1.55. The lowest BCUT2D eigenvalue weighted by molar-refractivity contribution is 0.630. The number of rotatable bonds is 4. The number of benzene rings is 3. The molecule has 3 heterocycles. The smallest absolute Gasteiger partial charge is 0.142 e. The van der Waals surface area contributed by atoms with E-state index >= 15 is 0 Å². The average molecular weight is 441 g/mol. The van der Waals surface area contributed by atoms with Crippen LogP contribution in [0.2, 0.25) is 5.02 Å². The summed E-state index contributed by atoms with van der Waals surface area (Å²) in [4.78, 5) is 11.3. The van der Waals surface area contributed by atoms with Gasteiger partial charge in [-0.05, 0) is 35.2 Å². The number of hydrogen-bond donors (Lipinski definition) is 2. The molecule has 2 N–H and O–H groups in total. The Morgan fingerprint density at radius 1 is 0.938 bits per heavy atom. The predicted octanol–water partition coefficient (Wildman–Crippen LogP) is 7.02. The molecule has 6 heteroatoms. The second kappa shape index (κ2) is 7.39. The first-order valence-electron chi connectivity index (χ1n) is 10.3. The summed E-state index contributed by atoms with van der Waals surface area (Å²) in [6, 6.07) is 21.6. The molecule has 0 radical (unpaired) electrons. The van der Waals surface area contributed by atoms with Crippen molar-refractivity contribution in [2.45, 2.75) is 6.54 Å². The van der Waals surface area contributed by atoms with Crippen molar-refractivity contribution >= 4 is 33.4 Å². The zero-order chi connectivity index (χ0) is 21.7. The van der Waals surface area contributed by atoms with E-state index in [1.54, 1.807) is 6.07 Å². The van der Waals surface area contributed by atoms with Crippen LogP contribution in [0.3, 0.4) is 0 Å². The maximum Gasteiger partial charge on any atom is 0.142 e. The highest BCUT2D eigenvalue weighted by Gasteiger charge is 2.19. The number of nitrogens with zero attached hydrogens (tertiary/aromatic N) is 2. The first-order chi connectivity index (χ1) is 15.7. The molecule has 0 saturated carbocycles. The molecule has 0 aliphatic heterocycles. The van der Waals surface area contributed by atoms with Crippen LogP contribution in [-0.4, -0.2) is 19.5 Å². The fraction of sp³-hybridized carbons (Fsp3) is 0.0385. The van der Waals surface area contributed by atoms with Crippen LogP contribution in [-0.2, 0) is 6.54 Å². The van der Waals surface area contributed by atoms with Crippen LogP contribution >= 0.6 is 11.6 Å². The van der Waals surface area contributed by atoms with Gasteiger partial charge in [0.25, 0.3) is 0 Å². The van der Waals surface area contributed by atoms with Crippen LogP contribution in [0.1, 0.15) is 5.56 Å². The molecule has 6 rings (SSSR count). The zero-order valence-corrected chi connectivity index (χ0v) is 17.7. The SMILES string of the molecule is Fc1cc2c(-c3c(-c4ccccc4)ncn3Cc3ccc4cc[nH]c4c3)c[nH]c2cc1Cl. The zero-order valence-electron chi connectivity index (χ0n) is 16.9. The summed E-state index contributed by atoms with van der Waals surface area (Å²) in [7, 11) is 0. The molecule has 0 aliphatic rings. The standard InChI is InChI=1S/C26H18ClFN4/c27-21-12-24-19(11-22(21)28)20(13-30-24)26-25(18-4-2-1-3-5-18)31-15-32(26)14-16-6-7-17-8-9-29-23(17)10-16/h1-13,15,29-30H,14H2. The van der Waals surface area contributed by atoms with E-state index < -0.39 is 5.82 Å². The third-order valence-electron chi connectivity index (χ3n) is 5.84. The Morgan fingerprint density at radius 2 is 1.81 bits per heavy atom. The summed E-state index contributed by atoms with van der Waals surface area (Å²) in [5, 5.41) is 2.04. The molecular weight excluding hydrogens is 423 g/mol. The van der Waals surface area contributed by atoms with E-state index in [1.807, 2.05) is 49.1 Å². The Morgan fingerprint density at radius 3 is 2.69 bits per heavy atom. The molecule has 4 nitrogen and oxygen atoms in total. The normalized spacial score (nSPS) is 11.6. The molecule has 6 aromatic rings. The van der Waals surface area contributed by atoms with E-state index in [4.69, 9.17) is 16.6 Å². The van der Waals surface area contributed by atoms with Crippen LogP contribution in [0.25, 0.3) is 44.3 Å². The average Bonchev–Trinajstić information content (AvgIpc) is 3.53. The first kappa shape index (κ1) is 18.9. The maximum absolute atomic E-state index is 14.4. The summed E-state index contributed by atoms with van der Waals surface area (Å²) < 4.78 is 16.5. The van der Waals surface area contributed by atoms with Crippen molar-refractivity contribution in [3.05, 3.63) is 102 Å². The predicted molar refractivity (Wildman–Crippen MR) is 127 cm³/mol. The minimum atomic E-state index is -0.440. The largest absolute Gasteiger partial charge is 0.361 e. The van der Waals surface area contributed by atoms with Gasteiger partial charge in [0.1, 0.15) is 5.82 Å². The van der Waals surface area contributed by atoms with Crippen molar-refractivity contribution in [1.29, 1.82) is 0 Å². The summed E-state index contributed by atoms with van der Waals surface area (Å²) in [6.45, 7) is 0.632. The van der Waals surface area contributed by atoms with Gasteiger partial charge in [-0.3, -0.25) is 0 Å². The van der Waals surface area contributed by atoms with Gasteiger partial charge >= 0.3 is 0 Å². The number of fused-ring (bicyclic) bond motifs is 2. The monoisotopic (exact) mass is 440 g/mol. The van der Waals surface area contributed by atoms with E-state index in [0.29, 0.717) is 6.54 Å². The van der Waals surface area contributed by atoms with Crippen molar-refractivity contribution in [1.82, 2.24) is 19.5 Å². The molecule has 0 saturated heterocycles. The Bertz CT molecular complexity index is 1580. The Hall–Kier alpha value is -3.83. The lowest BCUT2D eigenvalue weighted by Crippen LogP contribution is -2.01. The molecule has 0 unspecified atom stereocenters. The van der Waals surface area contributed by atoms with E-state index in [9.17, 15) is 4.39 Å². The molecule has 0 bridgehead atoms. The second-order valence-electron chi connectivity index (χ2n) is 7.85. The van der Waals surface area contributed by atoms with E-state index in [2.05, 4.69) is 38.8 Å². The molecule has 0 fully saturated rings. The quantitative estimate of drug-likeness (QED) is 0.304. The minimum absolute atomic E-state index is 0.0990. The molecule has 3 aromatic carbocycles. The fourth-order valence-electron chi connectivity index (χ4n) is 4.29. The van der Waals surface area contributed by atoms with Gasteiger partial charge in [-0.2, -0.15) is 0 Å². The molecular formula is C26H18ClFN4. The lowest BCUT2D eigenvalue weighted by Gasteiger charge is -2.11. The molecule has 0 spiro atoms. The van der Waals surface area contributed by atoms with Crippen molar-refractivity contribution in [2.75, 3.05) is 0 Å². The topological polar surface area (TPSA) is 49.4 Å². The van der Waals surface area contributed by atoms with E-state index in [0.717, 1.165) is 44.5 Å². The van der Waals surface area contributed by atoms with Gasteiger partial charge in [0, 0.05) is 46.5 Å². The van der Waals surface area contributed by atoms with Crippen molar-refractivity contribution in [3.63, 3.8) is 0 Å². The number of aromatic amines is 2. The van der Waals surface area contributed by atoms with Crippen molar-refractivity contribution < 1.29 is 4.39 Å². The van der Waals surface area contributed by atoms with Gasteiger partial charge in [-0.25, -0.2) is 9.37 Å². The molecule has 156 valence electrons.